The molecular weight excluding hydrogens is 252 g/mol. The quantitative estimate of drug-likeness (QED) is 0.630. The topological polar surface area (TPSA) is 62.0 Å². The maximum absolute atomic E-state index is 8.80. The first-order valence-electron chi connectivity index (χ1n) is 6.32. The number of nitrogens with zero attached hydrogens (tertiary/aromatic N) is 4. The first-order chi connectivity index (χ1) is 9.69. The molecule has 0 aliphatic rings. The molecule has 0 aliphatic carbocycles. The molecule has 5 nitrogen and oxygen atoms in total. The van der Waals surface area contributed by atoms with E-state index in [4.69, 9.17) is 10.00 Å². The van der Waals surface area contributed by atoms with Crippen molar-refractivity contribution in [2.24, 2.45) is 0 Å². The molecule has 1 aromatic carbocycles. The SMILES string of the molecule is CCc1ccc(OC)c(-c2cnc(N(C)C#N)nc2)c1. The lowest BCUT2D eigenvalue weighted by molar-refractivity contribution is 0.416. The third-order valence-electron chi connectivity index (χ3n) is 3.07. The Morgan fingerprint density at radius 2 is 2.00 bits per heavy atom. The van der Waals surface area contributed by atoms with Crippen LogP contribution in [0.5, 0.6) is 5.75 Å². The van der Waals surface area contributed by atoms with Crippen LogP contribution in [-0.4, -0.2) is 24.1 Å². The largest absolute Gasteiger partial charge is 0.496 e. The first-order valence-corrected chi connectivity index (χ1v) is 6.32. The fourth-order valence-corrected chi connectivity index (χ4v) is 1.88. The number of hydrogen-bond donors (Lipinski definition) is 0. The van der Waals surface area contributed by atoms with Crippen LogP contribution < -0.4 is 9.64 Å². The summed E-state index contributed by atoms with van der Waals surface area (Å²) in [6.45, 7) is 2.10. The van der Waals surface area contributed by atoms with Crippen molar-refractivity contribution in [1.82, 2.24) is 9.97 Å². The van der Waals surface area contributed by atoms with E-state index < -0.39 is 0 Å². The molecule has 102 valence electrons. The highest BCUT2D eigenvalue weighted by molar-refractivity contribution is 5.70. The van der Waals surface area contributed by atoms with Crippen molar-refractivity contribution in [3.05, 3.63) is 36.2 Å². The molecule has 20 heavy (non-hydrogen) atoms. The van der Waals surface area contributed by atoms with Gasteiger partial charge in [-0.1, -0.05) is 13.0 Å². The molecule has 0 radical (unpaired) electrons. The zero-order chi connectivity index (χ0) is 14.5. The number of methoxy groups -OCH3 is 1. The Labute approximate surface area is 118 Å². The molecule has 0 saturated heterocycles. The minimum absolute atomic E-state index is 0.377. The minimum Gasteiger partial charge on any atom is -0.496 e. The Kier molecular flexibility index (Phi) is 4.16. The molecule has 2 rings (SSSR count). The number of hydrogen-bond acceptors (Lipinski definition) is 5. The van der Waals surface area contributed by atoms with Crippen LogP contribution >= 0.6 is 0 Å². The number of ether oxygens (including phenoxy) is 1. The van der Waals surface area contributed by atoms with Crippen LogP contribution in [0.25, 0.3) is 11.1 Å². The van der Waals surface area contributed by atoms with Crippen LogP contribution in [0.2, 0.25) is 0 Å². The second kappa shape index (κ2) is 6.02. The van der Waals surface area contributed by atoms with E-state index in [2.05, 4.69) is 23.0 Å². The highest BCUT2D eigenvalue weighted by atomic mass is 16.5. The molecule has 0 unspecified atom stereocenters. The summed E-state index contributed by atoms with van der Waals surface area (Å²) >= 11 is 0. The second-order valence-electron chi connectivity index (χ2n) is 4.32. The van der Waals surface area contributed by atoms with E-state index in [9.17, 15) is 0 Å². The highest BCUT2D eigenvalue weighted by Crippen LogP contribution is 2.30. The van der Waals surface area contributed by atoms with Crippen LogP contribution in [0.1, 0.15) is 12.5 Å². The van der Waals surface area contributed by atoms with Crippen molar-refractivity contribution in [1.29, 1.82) is 5.26 Å². The van der Waals surface area contributed by atoms with Gasteiger partial charge < -0.3 is 4.74 Å². The molecule has 0 fully saturated rings. The lowest BCUT2D eigenvalue weighted by atomic mass is 10.0. The Morgan fingerprint density at radius 1 is 1.30 bits per heavy atom. The number of anilines is 1. The summed E-state index contributed by atoms with van der Waals surface area (Å²) < 4.78 is 5.38. The average Bonchev–Trinajstić information content (AvgIpc) is 2.53. The molecule has 0 bridgehead atoms. The lowest BCUT2D eigenvalue weighted by Gasteiger charge is -2.11. The molecule has 0 saturated carbocycles. The summed E-state index contributed by atoms with van der Waals surface area (Å²) in [7, 11) is 3.26. The summed E-state index contributed by atoms with van der Waals surface area (Å²) in [5.74, 6) is 1.16. The zero-order valence-corrected chi connectivity index (χ0v) is 11.8. The minimum atomic E-state index is 0.377. The van der Waals surface area contributed by atoms with Crippen LogP contribution in [0.4, 0.5) is 5.95 Å². The summed E-state index contributed by atoms with van der Waals surface area (Å²) in [4.78, 5) is 9.70. The monoisotopic (exact) mass is 268 g/mol. The highest BCUT2D eigenvalue weighted by Gasteiger charge is 2.09. The fourth-order valence-electron chi connectivity index (χ4n) is 1.88. The number of rotatable bonds is 4. The number of aryl methyl sites for hydroxylation is 1. The van der Waals surface area contributed by atoms with Crippen LogP contribution in [0.15, 0.2) is 30.6 Å². The van der Waals surface area contributed by atoms with Crippen LogP contribution in [0, 0.1) is 11.5 Å². The van der Waals surface area contributed by atoms with Crippen LogP contribution in [0.3, 0.4) is 0 Å². The smallest absolute Gasteiger partial charge is 0.238 e. The molecule has 2 aromatic rings. The van der Waals surface area contributed by atoms with Crippen molar-refractivity contribution in [2.45, 2.75) is 13.3 Å². The van der Waals surface area contributed by atoms with Crippen molar-refractivity contribution < 1.29 is 4.74 Å². The molecular formula is C15H16N4O. The zero-order valence-electron chi connectivity index (χ0n) is 11.8. The van der Waals surface area contributed by atoms with Crippen LogP contribution in [-0.2, 0) is 6.42 Å². The van der Waals surface area contributed by atoms with Crippen molar-refractivity contribution in [2.75, 3.05) is 19.1 Å². The standard InChI is InChI=1S/C15H16N4O/c1-4-11-5-6-14(20-3)13(7-11)12-8-17-15(18-9-12)19(2)10-16/h5-9H,4H2,1-3H3. The Morgan fingerprint density at radius 3 is 2.55 bits per heavy atom. The molecule has 0 spiro atoms. The Hall–Kier alpha value is -2.61. The fraction of sp³-hybridized carbons (Fsp3) is 0.267. The van der Waals surface area contributed by atoms with Gasteiger partial charge in [-0.05, 0) is 24.1 Å². The lowest BCUT2D eigenvalue weighted by Crippen LogP contribution is -2.11. The van der Waals surface area contributed by atoms with Gasteiger partial charge in [-0.2, -0.15) is 5.26 Å². The van der Waals surface area contributed by atoms with E-state index in [0.717, 1.165) is 23.3 Å². The number of benzene rings is 1. The van der Waals surface area contributed by atoms with Gasteiger partial charge in [0.2, 0.25) is 5.95 Å². The summed E-state index contributed by atoms with van der Waals surface area (Å²) in [5.41, 5.74) is 3.05. The van der Waals surface area contributed by atoms with Crippen molar-refractivity contribution in [3.8, 4) is 23.1 Å². The second-order valence-corrected chi connectivity index (χ2v) is 4.32. The molecule has 0 N–H and O–H groups in total. The Bertz CT molecular complexity index is 631. The van der Waals surface area contributed by atoms with Gasteiger partial charge in [-0.15, -0.1) is 0 Å². The van der Waals surface area contributed by atoms with Gasteiger partial charge in [0.05, 0.1) is 7.11 Å². The van der Waals surface area contributed by atoms with E-state index in [0.29, 0.717) is 5.95 Å². The molecule has 1 heterocycles. The normalized spacial score (nSPS) is 9.90. The van der Waals surface area contributed by atoms with Crippen molar-refractivity contribution >= 4 is 5.95 Å². The van der Waals surface area contributed by atoms with Gasteiger partial charge >= 0.3 is 0 Å². The van der Waals surface area contributed by atoms with E-state index >= 15 is 0 Å². The number of aromatic nitrogens is 2. The predicted molar refractivity (Wildman–Crippen MR) is 77.4 cm³/mol. The molecule has 5 heteroatoms. The summed E-state index contributed by atoms with van der Waals surface area (Å²) in [6.07, 6.45) is 6.32. The third-order valence-corrected chi connectivity index (χ3v) is 3.07. The maximum Gasteiger partial charge on any atom is 0.238 e. The van der Waals surface area contributed by atoms with Gasteiger partial charge in [0.15, 0.2) is 6.19 Å². The third kappa shape index (κ3) is 2.69. The first kappa shape index (κ1) is 13.8. The van der Waals surface area contributed by atoms with E-state index in [-0.39, 0.29) is 0 Å². The molecule has 0 amide bonds. The predicted octanol–water partition coefficient (Wildman–Crippen LogP) is 2.63. The van der Waals surface area contributed by atoms with Gasteiger partial charge in [-0.25, -0.2) is 9.97 Å². The van der Waals surface area contributed by atoms with E-state index in [1.165, 1.54) is 10.5 Å². The van der Waals surface area contributed by atoms with Crippen molar-refractivity contribution in [3.63, 3.8) is 0 Å². The Balaban J connectivity index is 2.43. The van der Waals surface area contributed by atoms with E-state index in [1.54, 1.807) is 26.6 Å². The molecule has 0 atom stereocenters. The average molecular weight is 268 g/mol. The summed E-state index contributed by atoms with van der Waals surface area (Å²) in [6, 6.07) is 6.07. The molecule has 1 aromatic heterocycles. The van der Waals surface area contributed by atoms with Gasteiger partial charge in [-0.3, -0.25) is 4.90 Å². The maximum atomic E-state index is 8.80. The summed E-state index contributed by atoms with van der Waals surface area (Å²) in [5, 5.41) is 8.80. The van der Waals surface area contributed by atoms with Gasteiger partial charge in [0, 0.05) is 30.6 Å². The number of nitriles is 1. The van der Waals surface area contributed by atoms with E-state index in [1.807, 2.05) is 18.3 Å². The van der Waals surface area contributed by atoms with Gasteiger partial charge in [0.25, 0.3) is 0 Å². The molecule has 0 aliphatic heterocycles. The van der Waals surface area contributed by atoms with Gasteiger partial charge in [0.1, 0.15) is 5.75 Å².